The Balaban J connectivity index is 1.71. The summed E-state index contributed by atoms with van der Waals surface area (Å²) < 4.78 is 23.6. The van der Waals surface area contributed by atoms with Gasteiger partial charge in [-0.05, 0) is 78.5 Å². The molecule has 3 unspecified atom stereocenters. The molecule has 0 saturated heterocycles. The number of amides is 1. The van der Waals surface area contributed by atoms with Crippen LogP contribution in [0.25, 0.3) is 0 Å². The summed E-state index contributed by atoms with van der Waals surface area (Å²) >= 11 is 0. The minimum absolute atomic E-state index is 0.0684. The first-order valence-corrected chi connectivity index (χ1v) is 14.7. The summed E-state index contributed by atoms with van der Waals surface area (Å²) in [6, 6.07) is 0.0687. The molecule has 3 aliphatic heterocycles. The average molecular weight is 612 g/mol. The Morgan fingerprint density at radius 3 is 2.43 bits per heavy atom. The average Bonchev–Trinajstić information content (AvgIpc) is 3.24. The number of hydrogen-bond donors (Lipinski definition) is 1. The minimum Gasteiger partial charge on any atom is -0.460 e. The Hall–Kier alpha value is -4.22. The van der Waals surface area contributed by atoms with Crippen molar-refractivity contribution in [3.8, 4) is 0 Å². The van der Waals surface area contributed by atoms with Crippen LogP contribution in [0.4, 0.5) is 4.79 Å². The molecule has 0 aliphatic carbocycles. The maximum Gasteiger partial charge on any atom is 0.408 e. The summed E-state index contributed by atoms with van der Waals surface area (Å²) in [5, 5.41) is 2.46. The minimum atomic E-state index is -1.99. The fourth-order valence-electron chi connectivity index (χ4n) is 5.30. The lowest BCUT2D eigenvalue weighted by atomic mass is 9.85. The predicted molar refractivity (Wildman–Crippen MR) is 160 cm³/mol. The van der Waals surface area contributed by atoms with Crippen LogP contribution in [0.2, 0.25) is 0 Å². The molecule has 0 bridgehead atoms. The van der Waals surface area contributed by atoms with E-state index in [0.29, 0.717) is 11.4 Å². The van der Waals surface area contributed by atoms with E-state index in [0.717, 1.165) is 11.1 Å². The summed E-state index contributed by atoms with van der Waals surface area (Å²) in [6.07, 6.45) is 0.489. The third kappa shape index (κ3) is 6.63. The maximum absolute atomic E-state index is 13.8. The number of alkyl carbamates (subject to hydrolysis) is 1. The van der Waals surface area contributed by atoms with E-state index in [1.165, 1.54) is 0 Å². The number of fused-ring (bicyclic) bond motifs is 4. The third-order valence-electron chi connectivity index (χ3n) is 7.41. The molecule has 12 heteroatoms. The number of nitrogens with one attached hydrogen (secondary N) is 1. The van der Waals surface area contributed by atoms with Gasteiger partial charge in [0.2, 0.25) is 5.60 Å². The van der Waals surface area contributed by atoms with E-state index in [2.05, 4.69) is 11.9 Å². The second kappa shape index (κ2) is 11.7. The van der Waals surface area contributed by atoms with Crippen LogP contribution < -0.4 is 10.9 Å². The fraction of sp³-hybridized carbons (Fsp3) is 0.562. The number of pyridine rings is 1. The maximum atomic E-state index is 13.8. The van der Waals surface area contributed by atoms with Crippen LogP contribution >= 0.6 is 0 Å². The lowest BCUT2D eigenvalue weighted by Gasteiger charge is -2.36. The summed E-state index contributed by atoms with van der Waals surface area (Å²) in [5.41, 5.74) is -0.878. The summed E-state index contributed by atoms with van der Waals surface area (Å²) in [4.78, 5) is 70.8. The molecule has 3 aliphatic rings. The van der Waals surface area contributed by atoms with Crippen LogP contribution in [0.15, 0.2) is 39.7 Å². The second-order valence-corrected chi connectivity index (χ2v) is 13.2. The van der Waals surface area contributed by atoms with E-state index in [4.69, 9.17) is 23.9 Å². The van der Waals surface area contributed by atoms with Gasteiger partial charge >= 0.3 is 24.0 Å². The highest BCUT2D eigenvalue weighted by molar-refractivity contribution is 6.15. The summed E-state index contributed by atoms with van der Waals surface area (Å²) in [7, 11) is 0. The van der Waals surface area contributed by atoms with E-state index in [1.807, 2.05) is 13.0 Å². The molecule has 0 radical (unpaired) electrons. The van der Waals surface area contributed by atoms with Gasteiger partial charge < -0.3 is 28.8 Å². The summed E-state index contributed by atoms with van der Waals surface area (Å²) in [5.74, 6) is -2.45. The molecule has 1 aromatic heterocycles. The van der Waals surface area contributed by atoms with Crippen molar-refractivity contribution >= 4 is 29.7 Å². The number of carbonyl (C=O) groups is 4. The molecule has 0 aromatic carbocycles. The predicted octanol–water partition coefficient (Wildman–Crippen LogP) is 3.76. The largest absolute Gasteiger partial charge is 0.460 e. The normalized spacial score (nSPS) is 21.5. The molecule has 238 valence electrons. The molecule has 44 heavy (non-hydrogen) atoms. The molecular formula is C32H41N3O9. The number of aliphatic imine (C=N–C) groups is 1. The number of cyclic esters (lactones) is 1. The van der Waals surface area contributed by atoms with Crippen molar-refractivity contribution in [2.45, 2.75) is 117 Å². The van der Waals surface area contributed by atoms with Crippen LogP contribution in [0.1, 0.15) is 91.5 Å². The van der Waals surface area contributed by atoms with Crippen LogP contribution in [0.5, 0.6) is 0 Å². The van der Waals surface area contributed by atoms with Crippen molar-refractivity contribution in [2.24, 2.45) is 4.99 Å². The van der Waals surface area contributed by atoms with Crippen molar-refractivity contribution in [1.82, 2.24) is 9.88 Å². The highest BCUT2D eigenvalue weighted by Gasteiger charge is 2.51. The van der Waals surface area contributed by atoms with Crippen molar-refractivity contribution < 1.29 is 38.1 Å². The first-order valence-electron chi connectivity index (χ1n) is 14.7. The van der Waals surface area contributed by atoms with Gasteiger partial charge in [0.1, 0.15) is 23.9 Å². The number of ether oxygens (including phenoxy) is 4. The zero-order chi connectivity index (χ0) is 32.8. The van der Waals surface area contributed by atoms with Crippen molar-refractivity contribution in [1.29, 1.82) is 0 Å². The van der Waals surface area contributed by atoms with E-state index < -0.39 is 46.8 Å². The van der Waals surface area contributed by atoms with Gasteiger partial charge in [-0.3, -0.25) is 14.6 Å². The van der Waals surface area contributed by atoms with Crippen molar-refractivity contribution in [3.05, 3.63) is 57.0 Å². The van der Waals surface area contributed by atoms with E-state index >= 15 is 0 Å². The van der Waals surface area contributed by atoms with E-state index in [9.17, 15) is 24.0 Å². The number of nitrogens with zero attached hydrogens (tertiary/aromatic N) is 2. The zero-order valence-electron chi connectivity index (χ0n) is 26.6. The van der Waals surface area contributed by atoms with Gasteiger partial charge in [0, 0.05) is 12.0 Å². The van der Waals surface area contributed by atoms with E-state index in [1.54, 1.807) is 59.1 Å². The lowest BCUT2D eigenvalue weighted by Crippen LogP contribution is -2.52. The molecule has 1 amide bonds. The van der Waals surface area contributed by atoms with Gasteiger partial charge in [-0.25, -0.2) is 14.4 Å². The molecule has 0 fully saturated rings. The van der Waals surface area contributed by atoms with Gasteiger partial charge in [-0.15, -0.1) is 0 Å². The molecule has 12 nitrogen and oxygen atoms in total. The number of rotatable bonds is 7. The van der Waals surface area contributed by atoms with Gasteiger partial charge in [0.05, 0.1) is 29.6 Å². The van der Waals surface area contributed by atoms with Gasteiger partial charge in [0.25, 0.3) is 5.56 Å². The number of allylic oxidation sites excluding steroid dienone is 1. The zero-order valence-corrected chi connectivity index (χ0v) is 26.6. The first kappa shape index (κ1) is 32.7. The van der Waals surface area contributed by atoms with Crippen LogP contribution in [-0.4, -0.2) is 57.6 Å². The SMILES string of the molecule is C=C1C=C2Cn3c(cc4c(c3=O)COC(=O)C4(CC)OC(=O)C(CCC(=O)OC(C)(C)C)NC(=O)OC(C)(C)C)C2=NC1C. The van der Waals surface area contributed by atoms with Gasteiger partial charge in [-0.2, -0.15) is 0 Å². The highest BCUT2D eigenvalue weighted by atomic mass is 16.6. The molecular weight excluding hydrogens is 570 g/mol. The molecule has 3 atom stereocenters. The molecule has 0 spiro atoms. The smallest absolute Gasteiger partial charge is 0.408 e. The number of hydrogen-bond acceptors (Lipinski definition) is 10. The van der Waals surface area contributed by atoms with Crippen molar-refractivity contribution in [3.63, 3.8) is 0 Å². The lowest BCUT2D eigenvalue weighted by molar-refractivity contribution is -0.190. The van der Waals surface area contributed by atoms with Gasteiger partial charge in [-0.1, -0.05) is 19.6 Å². The Labute approximate surface area is 256 Å². The fourth-order valence-corrected chi connectivity index (χ4v) is 5.30. The summed E-state index contributed by atoms with van der Waals surface area (Å²) in [6.45, 7) is 17.7. The molecule has 4 rings (SSSR count). The first-order chi connectivity index (χ1) is 20.3. The van der Waals surface area contributed by atoms with E-state index in [-0.39, 0.29) is 55.1 Å². The molecule has 0 saturated carbocycles. The number of dihydropyridines is 1. The monoisotopic (exact) mass is 611 g/mol. The van der Waals surface area contributed by atoms with Crippen LogP contribution in [0, 0.1) is 0 Å². The number of aromatic nitrogens is 1. The van der Waals surface area contributed by atoms with Crippen LogP contribution in [0.3, 0.4) is 0 Å². The topological polar surface area (TPSA) is 152 Å². The molecule has 1 N–H and O–H groups in total. The van der Waals surface area contributed by atoms with Crippen molar-refractivity contribution in [2.75, 3.05) is 0 Å². The Kier molecular flexibility index (Phi) is 8.69. The standard InChI is InChI=1S/C32H41N3O9/c1-10-32(43-27(38)22(34-29(40)44-31(7,8)9)11-12-24(36)42-30(4,5)6)21-14-23-25-19(13-17(2)18(3)33-25)15-35(23)26(37)20(21)16-41-28(32)39/h13-14,18,22H,2,10-12,15-16H2,1,3-9H3,(H,34,40). The quantitative estimate of drug-likeness (QED) is 0.359. The molecule has 4 heterocycles. The molecule has 1 aromatic rings. The Morgan fingerprint density at radius 2 is 1.82 bits per heavy atom. The Morgan fingerprint density at radius 1 is 1.16 bits per heavy atom. The Bertz CT molecular complexity index is 1540. The van der Waals surface area contributed by atoms with Crippen LogP contribution in [-0.2, 0) is 52.1 Å². The highest BCUT2D eigenvalue weighted by Crippen LogP contribution is 2.39. The third-order valence-corrected chi connectivity index (χ3v) is 7.41. The van der Waals surface area contributed by atoms with Gasteiger partial charge in [0.15, 0.2) is 0 Å². The second-order valence-electron chi connectivity index (χ2n) is 13.2. The number of esters is 3. The number of carbonyl (C=O) groups excluding carboxylic acids is 4.